The number of nitrogens with zero attached hydrogens (tertiary/aromatic N) is 2. The molecule has 2 saturated carbocycles. The van der Waals surface area contributed by atoms with Gasteiger partial charge in [-0.15, -0.1) is 0 Å². The van der Waals surface area contributed by atoms with E-state index in [0.29, 0.717) is 23.9 Å². The van der Waals surface area contributed by atoms with Gasteiger partial charge in [-0.3, -0.25) is 4.79 Å². The summed E-state index contributed by atoms with van der Waals surface area (Å²) < 4.78 is 29.2. The van der Waals surface area contributed by atoms with E-state index in [1.165, 1.54) is 32.1 Å². The lowest BCUT2D eigenvalue weighted by Crippen LogP contribution is -2.50. The maximum absolute atomic E-state index is 13.1. The Hall–Kier alpha value is -1.60. The fraction of sp³-hybridized carbons (Fsp3) is 0.682. The normalized spacial score (nSPS) is 30.4. The molecule has 1 N–H and O–H groups in total. The molecular weight excluding hydrogens is 386 g/mol. The number of amides is 1. The molecule has 2 aliphatic heterocycles. The molecule has 6 nitrogen and oxygen atoms in total. The third kappa shape index (κ3) is 3.46. The number of rotatable bonds is 3. The molecule has 1 aromatic carbocycles. The molecule has 0 bridgehead atoms. The van der Waals surface area contributed by atoms with Gasteiger partial charge in [-0.25, -0.2) is 13.1 Å². The summed E-state index contributed by atoms with van der Waals surface area (Å²) in [4.78, 5) is 17.6. The third-order valence-corrected chi connectivity index (χ3v) is 8.98. The number of fused-ring (bicyclic) bond motifs is 2. The van der Waals surface area contributed by atoms with Crippen molar-refractivity contribution in [2.24, 2.45) is 11.3 Å². The number of nitrogens with one attached hydrogen (secondary N) is 1. The standard InChI is InChI=1S/C22H31N3O3S/c1-22(11-12-22)21(26)24-14-17-19(15-24)25(13-16-7-3-2-4-8-16)18-9-5-6-10-20(18)29(27,28)23-17/h5-6,9-10,16-17,19,23H,2-4,7-8,11-15H2,1H3/t17-,19-/m1/s1. The average molecular weight is 418 g/mol. The molecule has 1 saturated heterocycles. The van der Waals surface area contributed by atoms with Crippen LogP contribution in [0.2, 0.25) is 0 Å². The highest BCUT2D eigenvalue weighted by molar-refractivity contribution is 7.89. The average Bonchev–Trinajstić information content (AvgIpc) is 3.36. The van der Waals surface area contributed by atoms with E-state index in [-0.39, 0.29) is 23.4 Å². The van der Waals surface area contributed by atoms with Gasteiger partial charge in [-0.1, -0.05) is 38.3 Å². The number of likely N-dealkylation sites (tertiary alicyclic amines) is 1. The number of hydrogen-bond acceptors (Lipinski definition) is 4. The quantitative estimate of drug-likeness (QED) is 0.821. The topological polar surface area (TPSA) is 69.7 Å². The zero-order chi connectivity index (χ0) is 20.2. The van der Waals surface area contributed by atoms with Crippen LogP contribution in [0.3, 0.4) is 0 Å². The largest absolute Gasteiger partial charge is 0.364 e. The zero-order valence-corrected chi connectivity index (χ0v) is 18.0. The van der Waals surface area contributed by atoms with E-state index < -0.39 is 10.0 Å². The van der Waals surface area contributed by atoms with Crippen molar-refractivity contribution >= 4 is 21.6 Å². The first-order valence-corrected chi connectivity index (χ1v) is 12.5. The first kappa shape index (κ1) is 19.4. The molecule has 1 aromatic rings. The van der Waals surface area contributed by atoms with E-state index >= 15 is 0 Å². The number of carbonyl (C=O) groups excluding carboxylic acids is 1. The van der Waals surface area contributed by atoms with Crippen molar-refractivity contribution in [2.45, 2.75) is 68.8 Å². The fourth-order valence-electron chi connectivity index (χ4n) is 5.41. The lowest BCUT2D eigenvalue weighted by atomic mass is 9.88. The van der Waals surface area contributed by atoms with Crippen LogP contribution in [-0.2, 0) is 14.8 Å². The number of para-hydroxylation sites is 1. The summed E-state index contributed by atoms with van der Waals surface area (Å²) in [5.74, 6) is 0.777. The van der Waals surface area contributed by atoms with Crippen LogP contribution in [0.25, 0.3) is 0 Å². The summed E-state index contributed by atoms with van der Waals surface area (Å²) in [6.45, 7) is 3.97. The molecule has 2 heterocycles. The monoisotopic (exact) mass is 417 g/mol. The fourth-order valence-corrected chi connectivity index (χ4v) is 6.89. The Balaban J connectivity index is 1.50. The lowest BCUT2D eigenvalue weighted by Gasteiger charge is -2.36. The molecule has 0 radical (unpaired) electrons. The molecule has 0 unspecified atom stereocenters. The zero-order valence-electron chi connectivity index (χ0n) is 17.1. The van der Waals surface area contributed by atoms with Crippen LogP contribution in [0, 0.1) is 11.3 Å². The van der Waals surface area contributed by atoms with Crippen LogP contribution in [0.5, 0.6) is 0 Å². The van der Waals surface area contributed by atoms with Crippen LogP contribution >= 0.6 is 0 Å². The molecule has 3 fully saturated rings. The third-order valence-electron chi connectivity index (χ3n) is 7.44. The van der Waals surface area contributed by atoms with Gasteiger partial charge in [-0.05, 0) is 43.7 Å². The summed E-state index contributed by atoms with van der Waals surface area (Å²) in [5.41, 5.74) is 0.569. The van der Waals surface area contributed by atoms with Gasteiger partial charge in [0.05, 0.1) is 17.8 Å². The second-order valence-corrected chi connectivity index (χ2v) is 11.4. The van der Waals surface area contributed by atoms with Gasteiger partial charge >= 0.3 is 0 Å². The van der Waals surface area contributed by atoms with Crippen LogP contribution < -0.4 is 9.62 Å². The van der Waals surface area contributed by atoms with Gasteiger partial charge in [0.15, 0.2) is 0 Å². The van der Waals surface area contributed by atoms with E-state index in [2.05, 4.69) is 9.62 Å². The summed E-state index contributed by atoms with van der Waals surface area (Å²) in [6, 6.07) is 7.09. The molecule has 5 rings (SSSR count). The molecule has 158 valence electrons. The maximum atomic E-state index is 13.1. The van der Waals surface area contributed by atoms with Crippen LogP contribution in [0.15, 0.2) is 29.2 Å². The van der Waals surface area contributed by atoms with E-state index in [1.807, 2.05) is 24.0 Å². The molecule has 29 heavy (non-hydrogen) atoms. The molecule has 7 heteroatoms. The van der Waals surface area contributed by atoms with Crippen molar-refractivity contribution < 1.29 is 13.2 Å². The first-order valence-electron chi connectivity index (χ1n) is 11.0. The second kappa shape index (κ2) is 6.98. The molecule has 0 spiro atoms. The minimum Gasteiger partial charge on any atom is -0.364 e. The smallest absolute Gasteiger partial charge is 0.243 e. The second-order valence-electron chi connectivity index (χ2n) is 9.69. The van der Waals surface area contributed by atoms with Crippen LogP contribution in [-0.4, -0.2) is 50.9 Å². The van der Waals surface area contributed by atoms with Crippen LogP contribution in [0.1, 0.15) is 51.9 Å². The van der Waals surface area contributed by atoms with E-state index in [9.17, 15) is 13.2 Å². The highest BCUT2D eigenvalue weighted by Gasteiger charge is 2.52. The number of anilines is 1. The van der Waals surface area contributed by atoms with Crippen molar-refractivity contribution in [2.75, 3.05) is 24.5 Å². The van der Waals surface area contributed by atoms with Gasteiger partial charge < -0.3 is 9.80 Å². The van der Waals surface area contributed by atoms with Crippen molar-refractivity contribution in [3.63, 3.8) is 0 Å². The summed E-state index contributed by atoms with van der Waals surface area (Å²) in [6.07, 6.45) is 8.11. The highest BCUT2D eigenvalue weighted by Crippen LogP contribution is 2.47. The molecule has 1 amide bonds. The lowest BCUT2D eigenvalue weighted by molar-refractivity contribution is -0.135. The van der Waals surface area contributed by atoms with Crippen molar-refractivity contribution in [1.82, 2.24) is 9.62 Å². The van der Waals surface area contributed by atoms with E-state index in [1.54, 1.807) is 12.1 Å². The van der Waals surface area contributed by atoms with Crippen molar-refractivity contribution in [3.05, 3.63) is 24.3 Å². The number of hydrogen-bond donors (Lipinski definition) is 1. The van der Waals surface area contributed by atoms with Gasteiger partial charge in [0.1, 0.15) is 4.90 Å². The van der Waals surface area contributed by atoms with Gasteiger partial charge in [0, 0.05) is 25.0 Å². The van der Waals surface area contributed by atoms with Gasteiger partial charge in [0.2, 0.25) is 15.9 Å². The molecular formula is C22H31N3O3S. The first-order chi connectivity index (χ1) is 13.9. The number of sulfonamides is 1. The summed E-state index contributed by atoms with van der Waals surface area (Å²) >= 11 is 0. The Morgan fingerprint density at radius 2 is 1.86 bits per heavy atom. The Labute approximate surface area is 173 Å². The molecule has 4 aliphatic rings. The highest BCUT2D eigenvalue weighted by atomic mass is 32.2. The Kier molecular flexibility index (Phi) is 4.66. The summed E-state index contributed by atoms with van der Waals surface area (Å²) in [7, 11) is -3.61. The minimum absolute atomic E-state index is 0.0124. The Morgan fingerprint density at radius 3 is 2.59 bits per heavy atom. The Morgan fingerprint density at radius 1 is 1.14 bits per heavy atom. The number of carbonyl (C=O) groups is 1. The molecule has 2 aliphatic carbocycles. The maximum Gasteiger partial charge on any atom is 0.243 e. The van der Waals surface area contributed by atoms with Gasteiger partial charge in [0.25, 0.3) is 0 Å². The predicted octanol–water partition coefficient (Wildman–Crippen LogP) is 2.74. The van der Waals surface area contributed by atoms with E-state index in [0.717, 1.165) is 25.1 Å². The summed E-state index contributed by atoms with van der Waals surface area (Å²) in [5, 5.41) is 0. The number of benzene rings is 1. The predicted molar refractivity (Wildman–Crippen MR) is 112 cm³/mol. The van der Waals surface area contributed by atoms with Crippen LogP contribution in [0.4, 0.5) is 5.69 Å². The van der Waals surface area contributed by atoms with E-state index in [4.69, 9.17) is 0 Å². The SMILES string of the molecule is CC1(C(=O)N2C[C@@H]3[C@@H](C2)NS(=O)(=O)c2ccccc2N3CC2CCCCC2)CC1. The van der Waals surface area contributed by atoms with Crippen molar-refractivity contribution in [3.8, 4) is 0 Å². The minimum atomic E-state index is -3.61. The van der Waals surface area contributed by atoms with Crippen molar-refractivity contribution in [1.29, 1.82) is 0 Å². The Bertz CT molecular complexity index is 906. The molecule has 2 atom stereocenters. The van der Waals surface area contributed by atoms with Gasteiger partial charge in [-0.2, -0.15) is 0 Å². The molecule has 0 aromatic heterocycles.